The van der Waals surface area contributed by atoms with Gasteiger partial charge in [-0.1, -0.05) is 23.7 Å². The first-order valence-electron chi connectivity index (χ1n) is 10.9. The molecular formula is C24H28ClN3O5S. The van der Waals surface area contributed by atoms with Crippen LogP contribution in [0.25, 0.3) is 22.2 Å². The van der Waals surface area contributed by atoms with Crippen LogP contribution in [0.1, 0.15) is 43.8 Å². The lowest BCUT2D eigenvalue weighted by Gasteiger charge is -2.34. The average Bonchev–Trinajstić information content (AvgIpc) is 3.05. The molecule has 0 saturated carbocycles. The molecule has 182 valence electrons. The number of halogens is 1. The number of aromatic nitrogens is 2. The van der Waals surface area contributed by atoms with E-state index in [1.165, 1.54) is 4.31 Å². The van der Waals surface area contributed by atoms with Crippen molar-refractivity contribution in [3.05, 3.63) is 46.2 Å². The molecular weight excluding hydrogens is 478 g/mol. The summed E-state index contributed by atoms with van der Waals surface area (Å²) < 4.78 is 34.9. The summed E-state index contributed by atoms with van der Waals surface area (Å²) in [6, 6.07) is 7.08. The van der Waals surface area contributed by atoms with Gasteiger partial charge in [0.1, 0.15) is 5.82 Å². The van der Waals surface area contributed by atoms with Crippen LogP contribution in [0.15, 0.2) is 24.3 Å². The lowest BCUT2D eigenvalue weighted by molar-refractivity contribution is -0.160. The minimum absolute atomic E-state index is 0.233. The SMILES string of the molecule is Cc1c([C@H](OC(C)(C)C)C(=O)O)c(-c2ccc(Cl)cc2)c2nc(C)n3c2c1N(S(C)(=O)=O)CC3. The topological polar surface area (TPSA) is 102 Å². The number of rotatable bonds is 5. The van der Waals surface area contributed by atoms with Gasteiger partial charge < -0.3 is 14.4 Å². The van der Waals surface area contributed by atoms with E-state index in [4.69, 9.17) is 21.3 Å². The van der Waals surface area contributed by atoms with Crippen molar-refractivity contribution in [2.75, 3.05) is 17.1 Å². The number of aryl methyl sites for hydroxylation is 1. The minimum atomic E-state index is -3.62. The summed E-state index contributed by atoms with van der Waals surface area (Å²) in [6.07, 6.45) is -0.190. The molecule has 1 aliphatic heterocycles. The fourth-order valence-electron chi connectivity index (χ4n) is 4.64. The van der Waals surface area contributed by atoms with Crippen LogP contribution in [0.3, 0.4) is 0 Å². The zero-order valence-electron chi connectivity index (χ0n) is 20.0. The van der Waals surface area contributed by atoms with E-state index >= 15 is 0 Å². The second kappa shape index (κ2) is 8.25. The molecule has 0 saturated heterocycles. The van der Waals surface area contributed by atoms with Crippen LogP contribution in [0.4, 0.5) is 5.69 Å². The van der Waals surface area contributed by atoms with Crippen molar-refractivity contribution < 1.29 is 23.1 Å². The highest BCUT2D eigenvalue weighted by molar-refractivity contribution is 7.92. The van der Waals surface area contributed by atoms with Crippen LogP contribution in [0, 0.1) is 13.8 Å². The molecule has 0 fully saturated rings. The highest BCUT2D eigenvalue weighted by atomic mass is 35.5. The number of carboxylic acids is 1. The van der Waals surface area contributed by atoms with E-state index in [2.05, 4.69) is 0 Å². The number of carboxylic acid groups (broad SMARTS) is 1. The third kappa shape index (κ3) is 4.16. The monoisotopic (exact) mass is 505 g/mol. The van der Waals surface area contributed by atoms with Gasteiger partial charge in [-0.3, -0.25) is 4.31 Å². The molecule has 0 unspecified atom stereocenters. The van der Waals surface area contributed by atoms with Crippen LogP contribution in [-0.2, 0) is 26.1 Å². The van der Waals surface area contributed by atoms with Gasteiger partial charge in [0.25, 0.3) is 0 Å². The smallest absolute Gasteiger partial charge is 0.337 e. The first-order valence-corrected chi connectivity index (χ1v) is 13.1. The van der Waals surface area contributed by atoms with E-state index in [1.54, 1.807) is 39.8 Å². The lowest BCUT2D eigenvalue weighted by Crippen LogP contribution is -2.37. The predicted octanol–water partition coefficient (Wildman–Crippen LogP) is 4.69. The summed E-state index contributed by atoms with van der Waals surface area (Å²) >= 11 is 6.13. The second-order valence-electron chi connectivity index (χ2n) is 9.56. The van der Waals surface area contributed by atoms with E-state index in [1.807, 2.05) is 23.6 Å². The van der Waals surface area contributed by atoms with E-state index in [0.717, 1.165) is 17.6 Å². The van der Waals surface area contributed by atoms with Gasteiger partial charge in [0, 0.05) is 22.7 Å². The molecule has 3 aromatic rings. The fraction of sp³-hybridized carbons (Fsp3) is 0.417. The van der Waals surface area contributed by atoms with Gasteiger partial charge in [0.2, 0.25) is 10.0 Å². The first-order chi connectivity index (χ1) is 15.7. The average molecular weight is 506 g/mol. The van der Waals surface area contributed by atoms with E-state index in [-0.39, 0.29) is 6.54 Å². The highest BCUT2D eigenvalue weighted by Crippen LogP contribution is 2.47. The molecule has 1 atom stereocenters. The molecule has 8 nitrogen and oxygen atoms in total. The fourth-order valence-corrected chi connectivity index (χ4v) is 5.73. The maximum Gasteiger partial charge on any atom is 0.337 e. The number of aliphatic carboxylic acids is 1. The Hall–Kier alpha value is -2.62. The number of benzene rings is 2. The lowest BCUT2D eigenvalue weighted by atomic mass is 9.88. The molecule has 1 N–H and O–H groups in total. The van der Waals surface area contributed by atoms with Crippen LogP contribution >= 0.6 is 11.6 Å². The molecule has 0 spiro atoms. The third-order valence-corrected chi connectivity index (χ3v) is 7.33. The van der Waals surface area contributed by atoms with Gasteiger partial charge in [-0.15, -0.1) is 0 Å². The second-order valence-corrected chi connectivity index (χ2v) is 11.9. The third-order valence-electron chi connectivity index (χ3n) is 5.92. The maximum absolute atomic E-state index is 12.8. The number of ether oxygens (including phenoxy) is 1. The van der Waals surface area contributed by atoms with Gasteiger partial charge in [-0.05, 0) is 57.9 Å². The Kier molecular flexibility index (Phi) is 5.95. The van der Waals surface area contributed by atoms with Gasteiger partial charge in [0.05, 0.1) is 35.1 Å². The summed E-state index contributed by atoms with van der Waals surface area (Å²) in [5.41, 5.74) is 3.10. The Bertz CT molecular complexity index is 1410. The van der Waals surface area contributed by atoms with Gasteiger partial charge >= 0.3 is 5.97 Å². The Labute approximate surface area is 204 Å². The van der Waals surface area contributed by atoms with Crippen LogP contribution in [0.5, 0.6) is 0 Å². The molecule has 0 amide bonds. The first kappa shape index (κ1) is 24.5. The summed E-state index contributed by atoms with van der Waals surface area (Å²) in [5.74, 6) is -0.447. The molecule has 0 radical (unpaired) electrons. The quantitative estimate of drug-likeness (QED) is 0.539. The molecule has 4 rings (SSSR count). The highest BCUT2D eigenvalue weighted by Gasteiger charge is 2.38. The van der Waals surface area contributed by atoms with Crippen LogP contribution in [0.2, 0.25) is 5.02 Å². The molecule has 0 aliphatic carbocycles. The largest absolute Gasteiger partial charge is 0.479 e. The summed E-state index contributed by atoms with van der Waals surface area (Å²) in [6.45, 7) is 9.64. The molecule has 34 heavy (non-hydrogen) atoms. The normalized spacial score (nSPS) is 15.1. The molecule has 2 aromatic carbocycles. The Morgan fingerprint density at radius 3 is 2.32 bits per heavy atom. The van der Waals surface area contributed by atoms with Crippen molar-refractivity contribution in [2.45, 2.75) is 52.9 Å². The number of hydrogen-bond donors (Lipinski definition) is 1. The predicted molar refractivity (Wildman–Crippen MR) is 133 cm³/mol. The minimum Gasteiger partial charge on any atom is -0.479 e. The summed E-state index contributed by atoms with van der Waals surface area (Å²) in [7, 11) is -3.62. The number of nitrogens with zero attached hydrogens (tertiary/aromatic N) is 3. The van der Waals surface area contributed by atoms with Crippen molar-refractivity contribution in [2.24, 2.45) is 0 Å². The van der Waals surface area contributed by atoms with E-state index in [0.29, 0.717) is 45.0 Å². The van der Waals surface area contributed by atoms with Gasteiger partial charge in [-0.2, -0.15) is 0 Å². The summed E-state index contributed by atoms with van der Waals surface area (Å²) in [5, 5.41) is 10.8. The number of imidazole rings is 1. The van der Waals surface area contributed by atoms with E-state index in [9.17, 15) is 18.3 Å². The number of hydrogen-bond acceptors (Lipinski definition) is 5. The number of carbonyl (C=O) groups is 1. The Balaban J connectivity index is 2.21. The van der Waals surface area contributed by atoms with Crippen molar-refractivity contribution in [3.8, 4) is 11.1 Å². The molecule has 0 bridgehead atoms. The Morgan fingerprint density at radius 1 is 1.18 bits per heavy atom. The molecule has 1 aliphatic rings. The summed E-state index contributed by atoms with van der Waals surface area (Å²) in [4.78, 5) is 17.4. The zero-order chi connectivity index (χ0) is 25.2. The van der Waals surface area contributed by atoms with E-state index < -0.39 is 27.7 Å². The van der Waals surface area contributed by atoms with Crippen LogP contribution < -0.4 is 4.31 Å². The van der Waals surface area contributed by atoms with Gasteiger partial charge in [0.15, 0.2) is 6.10 Å². The Morgan fingerprint density at radius 2 is 1.79 bits per heavy atom. The van der Waals surface area contributed by atoms with Crippen molar-refractivity contribution in [3.63, 3.8) is 0 Å². The number of anilines is 1. The van der Waals surface area contributed by atoms with Crippen molar-refractivity contribution in [1.29, 1.82) is 0 Å². The van der Waals surface area contributed by atoms with Crippen molar-refractivity contribution in [1.82, 2.24) is 9.55 Å². The molecule has 2 heterocycles. The standard InChI is InChI=1S/C24H28ClN3O5S/c1-13-17(22(23(29)30)33-24(3,4)5)18(15-7-9-16(25)10-8-15)19-21-20(13)28(34(6,31)32)12-11-27(21)14(2)26-19/h7-10,22H,11-12H2,1-6H3,(H,29,30)/t22-/m0/s1. The van der Waals surface area contributed by atoms with Gasteiger partial charge in [-0.25, -0.2) is 18.2 Å². The van der Waals surface area contributed by atoms with Crippen molar-refractivity contribution >= 4 is 44.3 Å². The van der Waals surface area contributed by atoms with Crippen LogP contribution in [-0.4, -0.2) is 47.4 Å². The maximum atomic E-state index is 12.8. The zero-order valence-corrected chi connectivity index (χ0v) is 21.6. The number of sulfonamides is 1. The molecule has 10 heteroatoms. The molecule has 1 aromatic heterocycles.